The van der Waals surface area contributed by atoms with Gasteiger partial charge >= 0.3 is 0 Å². The normalized spacial score (nSPS) is 15.6. The van der Waals surface area contributed by atoms with E-state index in [4.69, 9.17) is 4.74 Å². The van der Waals surface area contributed by atoms with E-state index in [0.717, 1.165) is 18.7 Å². The SMILES string of the molecule is CC(C)NCCc1ccc2c(c1)C=CC(C)(C)O2.Cl. The molecule has 0 aliphatic carbocycles. The van der Waals surface area contributed by atoms with Crippen LogP contribution in [0.2, 0.25) is 0 Å². The third-order valence-corrected chi connectivity index (χ3v) is 3.08. The van der Waals surface area contributed by atoms with Gasteiger partial charge in [0, 0.05) is 11.6 Å². The van der Waals surface area contributed by atoms with E-state index in [9.17, 15) is 0 Å². The van der Waals surface area contributed by atoms with Crippen LogP contribution in [0.3, 0.4) is 0 Å². The number of fused-ring (bicyclic) bond motifs is 1. The Balaban J connectivity index is 0.00000180. The molecule has 0 fully saturated rings. The van der Waals surface area contributed by atoms with Crippen molar-refractivity contribution in [2.24, 2.45) is 0 Å². The van der Waals surface area contributed by atoms with E-state index in [-0.39, 0.29) is 18.0 Å². The fourth-order valence-electron chi connectivity index (χ4n) is 2.09. The van der Waals surface area contributed by atoms with Crippen LogP contribution in [0.25, 0.3) is 6.08 Å². The first kappa shape index (κ1) is 16.1. The van der Waals surface area contributed by atoms with E-state index in [2.05, 4.69) is 63.4 Å². The van der Waals surface area contributed by atoms with Gasteiger partial charge in [0.15, 0.2) is 0 Å². The molecular formula is C16H24ClNO. The van der Waals surface area contributed by atoms with Gasteiger partial charge in [-0.05, 0) is 50.6 Å². The van der Waals surface area contributed by atoms with E-state index in [1.54, 1.807) is 0 Å². The average molecular weight is 282 g/mol. The molecule has 0 radical (unpaired) electrons. The lowest BCUT2D eigenvalue weighted by Gasteiger charge is -2.28. The fourth-order valence-corrected chi connectivity index (χ4v) is 2.09. The molecule has 0 unspecified atom stereocenters. The Bertz CT molecular complexity index is 452. The maximum absolute atomic E-state index is 5.91. The van der Waals surface area contributed by atoms with Gasteiger partial charge in [0.2, 0.25) is 0 Å². The maximum Gasteiger partial charge on any atom is 0.127 e. The van der Waals surface area contributed by atoms with Crippen molar-refractivity contribution in [3.63, 3.8) is 0 Å². The molecule has 1 heterocycles. The summed E-state index contributed by atoms with van der Waals surface area (Å²) in [7, 11) is 0. The Hall–Kier alpha value is -0.990. The van der Waals surface area contributed by atoms with Gasteiger partial charge in [-0.3, -0.25) is 0 Å². The van der Waals surface area contributed by atoms with E-state index >= 15 is 0 Å². The molecular weight excluding hydrogens is 258 g/mol. The number of halogens is 1. The molecule has 1 N–H and O–H groups in total. The molecule has 2 nitrogen and oxygen atoms in total. The molecule has 19 heavy (non-hydrogen) atoms. The molecule has 2 rings (SSSR count). The average Bonchev–Trinajstić information content (AvgIpc) is 2.28. The summed E-state index contributed by atoms with van der Waals surface area (Å²) in [5.41, 5.74) is 2.36. The van der Waals surface area contributed by atoms with Crippen LogP contribution in [0, 0.1) is 0 Å². The second-order valence-corrected chi connectivity index (χ2v) is 5.77. The van der Waals surface area contributed by atoms with Crippen LogP contribution >= 0.6 is 12.4 Å². The highest BCUT2D eigenvalue weighted by Gasteiger charge is 2.21. The monoisotopic (exact) mass is 281 g/mol. The van der Waals surface area contributed by atoms with E-state index < -0.39 is 0 Å². The van der Waals surface area contributed by atoms with E-state index in [1.165, 1.54) is 11.1 Å². The number of hydrogen-bond acceptors (Lipinski definition) is 2. The molecule has 0 saturated carbocycles. The first-order chi connectivity index (χ1) is 8.46. The van der Waals surface area contributed by atoms with Gasteiger partial charge in [0.1, 0.15) is 11.4 Å². The zero-order valence-electron chi connectivity index (χ0n) is 12.2. The van der Waals surface area contributed by atoms with Crippen molar-refractivity contribution < 1.29 is 4.74 Å². The zero-order chi connectivity index (χ0) is 13.2. The van der Waals surface area contributed by atoms with Crippen LogP contribution in [0.15, 0.2) is 24.3 Å². The minimum absolute atomic E-state index is 0. The third-order valence-electron chi connectivity index (χ3n) is 3.08. The van der Waals surface area contributed by atoms with Crippen LogP contribution in [0.4, 0.5) is 0 Å². The summed E-state index contributed by atoms with van der Waals surface area (Å²) in [6.45, 7) is 9.52. The smallest absolute Gasteiger partial charge is 0.127 e. The molecule has 106 valence electrons. The van der Waals surface area contributed by atoms with Crippen molar-refractivity contribution in [2.75, 3.05) is 6.54 Å². The van der Waals surface area contributed by atoms with Gasteiger partial charge in [0.25, 0.3) is 0 Å². The van der Waals surface area contributed by atoms with Crippen molar-refractivity contribution in [1.82, 2.24) is 5.32 Å². The van der Waals surface area contributed by atoms with Gasteiger partial charge in [0.05, 0.1) is 0 Å². The van der Waals surface area contributed by atoms with Gasteiger partial charge in [-0.15, -0.1) is 12.4 Å². The third kappa shape index (κ3) is 4.55. The summed E-state index contributed by atoms with van der Waals surface area (Å²) in [5, 5.41) is 3.44. The lowest BCUT2D eigenvalue weighted by atomic mass is 10.00. The number of ether oxygens (including phenoxy) is 1. The summed E-state index contributed by atoms with van der Waals surface area (Å²) in [6.07, 6.45) is 5.34. The summed E-state index contributed by atoms with van der Waals surface area (Å²) in [5.74, 6) is 0.989. The summed E-state index contributed by atoms with van der Waals surface area (Å²) in [4.78, 5) is 0. The lowest BCUT2D eigenvalue weighted by Crippen LogP contribution is -2.27. The topological polar surface area (TPSA) is 21.3 Å². The Labute approximate surface area is 122 Å². The van der Waals surface area contributed by atoms with Crippen molar-refractivity contribution in [3.8, 4) is 5.75 Å². The second-order valence-electron chi connectivity index (χ2n) is 5.77. The van der Waals surface area contributed by atoms with Gasteiger partial charge in [-0.2, -0.15) is 0 Å². The molecule has 1 aliphatic rings. The predicted molar refractivity (Wildman–Crippen MR) is 84.3 cm³/mol. The largest absolute Gasteiger partial charge is 0.483 e. The summed E-state index contributed by atoms with van der Waals surface area (Å²) >= 11 is 0. The van der Waals surface area contributed by atoms with Crippen molar-refractivity contribution in [3.05, 3.63) is 35.4 Å². The summed E-state index contributed by atoms with van der Waals surface area (Å²) < 4.78 is 5.91. The van der Waals surface area contributed by atoms with Crippen LogP contribution in [-0.4, -0.2) is 18.2 Å². The quantitative estimate of drug-likeness (QED) is 0.906. The van der Waals surface area contributed by atoms with Gasteiger partial charge < -0.3 is 10.1 Å². The first-order valence-electron chi connectivity index (χ1n) is 6.71. The Morgan fingerprint density at radius 2 is 2.00 bits per heavy atom. The molecule has 0 bridgehead atoms. The van der Waals surface area contributed by atoms with Gasteiger partial charge in [-0.1, -0.05) is 26.0 Å². The standard InChI is InChI=1S/C16H23NO.ClH/c1-12(2)17-10-8-13-5-6-15-14(11-13)7-9-16(3,4)18-15;/h5-7,9,11-12,17H,8,10H2,1-4H3;1H. The molecule has 1 aromatic carbocycles. The highest BCUT2D eigenvalue weighted by molar-refractivity contribution is 5.85. The van der Waals surface area contributed by atoms with Gasteiger partial charge in [-0.25, -0.2) is 0 Å². The Morgan fingerprint density at radius 3 is 2.68 bits per heavy atom. The van der Waals surface area contributed by atoms with E-state index in [0.29, 0.717) is 6.04 Å². The number of rotatable bonds is 4. The molecule has 1 aliphatic heterocycles. The molecule has 0 spiro atoms. The van der Waals surface area contributed by atoms with Crippen LogP contribution < -0.4 is 10.1 Å². The highest BCUT2D eigenvalue weighted by Crippen LogP contribution is 2.31. The Morgan fingerprint density at radius 1 is 1.26 bits per heavy atom. The highest BCUT2D eigenvalue weighted by atomic mass is 35.5. The predicted octanol–water partition coefficient (Wildman–Crippen LogP) is 3.83. The van der Waals surface area contributed by atoms with Crippen molar-refractivity contribution in [1.29, 1.82) is 0 Å². The molecule has 0 atom stereocenters. The summed E-state index contributed by atoms with van der Waals surface area (Å²) in [6, 6.07) is 7.02. The fraction of sp³-hybridized carbons (Fsp3) is 0.500. The maximum atomic E-state index is 5.91. The van der Waals surface area contributed by atoms with Crippen molar-refractivity contribution in [2.45, 2.75) is 45.8 Å². The number of hydrogen-bond donors (Lipinski definition) is 1. The number of nitrogens with one attached hydrogen (secondary N) is 1. The Kier molecular flexibility index (Phi) is 5.45. The second kappa shape index (κ2) is 6.44. The van der Waals surface area contributed by atoms with Crippen LogP contribution in [0.1, 0.15) is 38.8 Å². The first-order valence-corrected chi connectivity index (χ1v) is 6.71. The molecule has 0 saturated heterocycles. The molecule has 3 heteroatoms. The molecule has 1 aromatic rings. The molecule has 0 amide bonds. The minimum Gasteiger partial charge on any atom is -0.483 e. The lowest BCUT2D eigenvalue weighted by molar-refractivity contribution is 0.159. The number of benzene rings is 1. The minimum atomic E-state index is -0.187. The van der Waals surface area contributed by atoms with Crippen LogP contribution in [-0.2, 0) is 6.42 Å². The molecule has 0 aromatic heterocycles. The van der Waals surface area contributed by atoms with Crippen LogP contribution in [0.5, 0.6) is 5.75 Å². The zero-order valence-corrected chi connectivity index (χ0v) is 13.0. The van der Waals surface area contributed by atoms with E-state index in [1.807, 2.05) is 0 Å². The van der Waals surface area contributed by atoms with Crippen molar-refractivity contribution >= 4 is 18.5 Å².